The van der Waals surface area contributed by atoms with Crippen molar-refractivity contribution in [3.05, 3.63) is 24.2 Å². The molecule has 0 saturated carbocycles. The molecular weight excluding hydrogens is 496 g/mol. The molecule has 6 heterocycles. The third-order valence-corrected chi connectivity index (χ3v) is 8.83. The van der Waals surface area contributed by atoms with E-state index < -0.39 is 6.09 Å². The fourth-order valence-electron chi connectivity index (χ4n) is 6.08. The Morgan fingerprint density at radius 2 is 2.16 bits per heavy atom. The first-order valence-corrected chi connectivity index (χ1v) is 13.6. The summed E-state index contributed by atoms with van der Waals surface area (Å²) in [6, 6.07) is 1.97. The third-order valence-electron chi connectivity index (χ3n) is 7.88. The smallest absolute Gasteiger partial charge is 0.404 e. The Morgan fingerprint density at radius 1 is 1.32 bits per heavy atom. The Hall–Kier alpha value is -2.83. The second-order valence-electron chi connectivity index (χ2n) is 10.4. The number of amides is 1. The van der Waals surface area contributed by atoms with E-state index in [1.165, 1.54) is 11.8 Å². The van der Waals surface area contributed by atoms with Gasteiger partial charge in [-0.05, 0) is 37.7 Å². The molecule has 2 aromatic rings. The molecule has 4 aliphatic heterocycles. The van der Waals surface area contributed by atoms with E-state index >= 15 is 0 Å². The molecule has 6 rings (SSSR count). The lowest BCUT2D eigenvalue weighted by molar-refractivity contribution is 0.0975. The van der Waals surface area contributed by atoms with E-state index in [1.807, 2.05) is 6.07 Å². The van der Waals surface area contributed by atoms with E-state index in [1.54, 1.807) is 12.4 Å². The molecule has 2 aromatic heterocycles. The molecule has 37 heavy (non-hydrogen) atoms. The number of fused-ring (bicyclic) bond motifs is 3. The average molecular weight is 529 g/mol. The van der Waals surface area contributed by atoms with Crippen LogP contribution in [-0.2, 0) is 16.1 Å². The lowest BCUT2D eigenvalue weighted by Gasteiger charge is -2.39. The number of aliphatic hydroxyl groups excluding tert-OH is 1. The molecular formula is C25H32N6O5S. The minimum Gasteiger partial charge on any atom is -0.486 e. The molecule has 0 unspecified atom stereocenters. The SMILES string of the molecule is C[C@H]1CC2(CCN(c3ncc(Sc4ccnc5c4OC[C@@H]4C[C@@H](OC(N)=O)CN54)nc3CO)CC2)CO1. The van der Waals surface area contributed by atoms with Gasteiger partial charge in [-0.1, -0.05) is 11.8 Å². The number of nitrogens with zero attached hydrogens (tertiary/aromatic N) is 5. The van der Waals surface area contributed by atoms with Crippen LogP contribution in [0.5, 0.6) is 5.75 Å². The maximum atomic E-state index is 11.2. The van der Waals surface area contributed by atoms with Gasteiger partial charge in [0.25, 0.3) is 0 Å². The van der Waals surface area contributed by atoms with Crippen LogP contribution in [0.2, 0.25) is 0 Å². The van der Waals surface area contributed by atoms with E-state index in [0.717, 1.165) is 55.5 Å². The number of piperidine rings is 1. The van der Waals surface area contributed by atoms with Crippen LogP contribution in [0, 0.1) is 5.41 Å². The van der Waals surface area contributed by atoms with Crippen LogP contribution >= 0.6 is 11.8 Å². The van der Waals surface area contributed by atoms with Crippen molar-refractivity contribution in [1.29, 1.82) is 0 Å². The number of aliphatic hydroxyl groups is 1. The molecule has 0 bridgehead atoms. The second kappa shape index (κ2) is 9.80. The molecule has 3 fully saturated rings. The Balaban J connectivity index is 1.17. The summed E-state index contributed by atoms with van der Waals surface area (Å²) in [5.41, 5.74) is 6.06. The number of pyridine rings is 1. The summed E-state index contributed by atoms with van der Waals surface area (Å²) in [5, 5.41) is 10.8. The summed E-state index contributed by atoms with van der Waals surface area (Å²) >= 11 is 1.43. The van der Waals surface area contributed by atoms with Crippen LogP contribution in [0.15, 0.2) is 28.4 Å². The Kier molecular flexibility index (Phi) is 6.49. The zero-order valence-electron chi connectivity index (χ0n) is 20.8. The summed E-state index contributed by atoms with van der Waals surface area (Å²) < 4.78 is 17.2. The fourth-order valence-corrected chi connectivity index (χ4v) is 6.94. The van der Waals surface area contributed by atoms with Gasteiger partial charge < -0.3 is 34.9 Å². The van der Waals surface area contributed by atoms with Crippen LogP contribution in [0.25, 0.3) is 0 Å². The van der Waals surface area contributed by atoms with E-state index in [9.17, 15) is 9.90 Å². The molecule has 3 atom stereocenters. The summed E-state index contributed by atoms with van der Waals surface area (Å²) in [4.78, 5) is 30.4. The van der Waals surface area contributed by atoms with Crippen molar-refractivity contribution in [2.45, 2.75) is 67.4 Å². The van der Waals surface area contributed by atoms with Gasteiger partial charge in [-0.25, -0.2) is 19.7 Å². The minimum atomic E-state index is -0.767. The number of hydrogen-bond donors (Lipinski definition) is 2. The Morgan fingerprint density at radius 3 is 2.89 bits per heavy atom. The summed E-state index contributed by atoms with van der Waals surface area (Å²) in [6.07, 6.45) is 6.66. The lowest BCUT2D eigenvalue weighted by Crippen LogP contribution is -2.41. The molecule has 0 aromatic carbocycles. The van der Waals surface area contributed by atoms with Gasteiger partial charge in [0.1, 0.15) is 23.4 Å². The highest BCUT2D eigenvalue weighted by molar-refractivity contribution is 7.99. The first-order chi connectivity index (χ1) is 17.9. The largest absolute Gasteiger partial charge is 0.486 e. The molecule has 1 spiro atoms. The Bertz CT molecular complexity index is 1180. The van der Waals surface area contributed by atoms with E-state index in [4.69, 9.17) is 29.9 Å². The van der Waals surface area contributed by atoms with Crippen molar-refractivity contribution in [2.75, 3.05) is 42.6 Å². The topological polar surface area (TPSA) is 136 Å². The number of ether oxygens (including phenoxy) is 3. The minimum absolute atomic E-state index is 0.0763. The molecule has 11 nitrogen and oxygen atoms in total. The quantitative estimate of drug-likeness (QED) is 0.592. The second-order valence-corrected chi connectivity index (χ2v) is 11.5. The molecule has 198 valence electrons. The van der Waals surface area contributed by atoms with Gasteiger partial charge in [-0.3, -0.25) is 0 Å². The zero-order chi connectivity index (χ0) is 25.6. The standard InChI is InChI=1S/C25H32N6O5S/c1-15-9-25(14-35-15)3-6-30(7-4-25)22-18(12-32)29-20(10-28-22)37-19-2-5-27-23-21(19)34-13-16-8-17(11-31(16)23)36-24(26)33/h2,5,10,15-17,32H,3-4,6-9,11-14H2,1H3,(H2,26,33)/t15-,16-,17+/m0/s1. The average Bonchev–Trinajstić information content (AvgIpc) is 3.47. The first kappa shape index (κ1) is 24.5. The zero-order valence-corrected chi connectivity index (χ0v) is 21.7. The van der Waals surface area contributed by atoms with Gasteiger partial charge in [0.2, 0.25) is 0 Å². The predicted octanol–water partition coefficient (Wildman–Crippen LogP) is 2.35. The first-order valence-electron chi connectivity index (χ1n) is 12.8. The van der Waals surface area contributed by atoms with Gasteiger partial charge in [0.05, 0.1) is 43.0 Å². The van der Waals surface area contributed by atoms with Gasteiger partial charge in [-0.15, -0.1) is 0 Å². The van der Waals surface area contributed by atoms with Crippen molar-refractivity contribution in [2.24, 2.45) is 11.1 Å². The maximum absolute atomic E-state index is 11.2. The molecule has 0 aliphatic carbocycles. The highest BCUT2D eigenvalue weighted by Gasteiger charge is 2.42. The van der Waals surface area contributed by atoms with Crippen LogP contribution in [0.1, 0.15) is 38.3 Å². The lowest BCUT2D eigenvalue weighted by atomic mass is 9.77. The van der Waals surface area contributed by atoms with Crippen LogP contribution in [-0.4, -0.2) is 77.2 Å². The molecule has 3 saturated heterocycles. The molecule has 0 radical (unpaired) electrons. The summed E-state index contributed by atoms with van der Waals surface area (Å²) in [6.45, 7) is 5.57. The van der Waals surface area contributed by atoms with Crippen molar-refractivity contribution in [1.82, 2.24) is 15.0 Å². The fraction of sp³-hybridized carbons (Fsp3) is 0.600. The summed E-state index contributed by atoms with van der Waals surface area (Å²) in [7, 11) is 0. The third kappa shape index (κ3) is 4.77. The highest BCUT2D eigenvalue weighted by Crippen LogP contribution is 2.45. The van der Waals surface area contributed by atoms with Crippen molar-refractivity contribution >= 4 is 29.5 Å². The van der Waals surface area contributed by atoms with E-state index in [2.05, 4.69) is 21.7 Å². The number of anilines is 2. The van der Waals surface area contributed by atoms with Crippen LogP contribution < -0.4 is 20.3 Å². The summed E-state index contributed by atoms with van der Waals surface area (Å²) in [5.74, 6) is 2.15. The molecule has 12 heteroatoms. The van der Waals surface area contributed by atoms with Gasteiger partial charge >= 0.3 is 6.09 Å². The Labute approximate surface area is 219 Å². The molecule has 1 amide bonds. The molecule has 4 aliphatic rings. The molecule has 3 N–H and O–H groups in total. The van der Waals surface area contributed by atoms with Crippen molar-refractivity contribution < 1.29 is 24.1 Å². The number of carbonyl (C=O) groups is 1. The van der Waals surface area contributed by atoms with Crippen LogP contribution in [0.4, 0.5) is 16.4 Å². The van der Waals surface area contributed by atoms with Crippen LogP contribution in [0.3, 0.4) is 0 Å². The van der Waals surface area contributed by atoms with E-state index in [-0.39, 0.29) is 24.2 Å². The number of aromatic nitrogens is 3. The number of primary amides is 1. The van der Waals surface area contributed by atoms with Gasteiger partial charge in [0, 0.05) is 25.7 Å². The monoisotopic (exact) mass is 528 g/mol. The maximum Gasteiger partial charge on any atom is 0.404 e. The van der Waals surface area contributed by atoms with Crippen molar-refractivity contribution in [3.63, 3.8) is 0 Å². The van der Waals surface area contributed by atoms with Gasteiger partial charge in [0.15, 0.2) is 17.4 Å². The number of hydrogen-bond acceptors (Lipinski definition) is 11. The van der Waals surface area contributed by atoms with E-state index in [0.29, 0.717) is 42.1 Å². The number of carbonyl (C=O) groups excluding carboxylic acids is 1. The number of nitrogens with two attached hydrogens (primary N) is 1. The van der Waals surface area contributed by atoms with Crippen molar-refractivity contribution in [3.8, 4) is 5.75 Å². The number of rotatable bonds is 5. The highest BCUT2D eigenvalue weighted by atomic mass is 32.2. The predicted molar refractivity (Wildman–Crippen MR) is 136 cm³/mol. The van der Waals surface area contributed by atoms with Gasteiger partial charge in [-0.2, -0.15) is 0 Å². The normalized spacial score (nSPS) is 26.1.